The van der Waals surface area contributed by atoms with Crippen molar-refractivity contribution in [1.82, 2.24) is 5.32 Å². The third kappa shape index (κ3) is 7.90. The second kappa shape index (κ2) is 8.19. The van der Waals surface area contributed by atoms with Crippen molar-refractivity contribution in [2.45, 2.75) is 31.7 Å². The summed E-state index contributed by atoms with van der Waals surface area (Å²) in [5, 5.41) is 20.0. The van der Waals surface area contributed by atoms with Crippen LogP contribution in [0, 0.1) is 0 Å². The lowest BCUT2D eigenvalue weighted by Gasteiger charge is -2.12. The topological polar surface area (TPSA) is 113 Å². The normalized spacial score (nSPS) is 12.3. The van der Waals surface area contributed by atoms with E-state index < -0.39 is 18.0 Å². The third-order valence-corrected chi connectivity index (χ3v) is 1.97. The predicted octanol–water partition coefficient (Wildman–Crippen LogP) is -0.367. The van der Waals surface area contributed by atoms with Gasteiger partial charge >= 0.3 is 11.9 Å². The number of nitrogens with one attached hydrogen (secondary N) is 1. The molecule has 6 nitrogen and oxygen atoms in total. The molecule has 0 saturated heterocycles. The molecule has 0 unspecified atom stereocenters. The van der Waals surface area contributed by atoms with Gasteiger partial charge in [0.15, 0.2) is 0 Å². The van der Waals surface area contributed by atoms with Crippen LogP contribution in [0.3, 0.4) is 0 Å². The second-order valence-corrected chi connectivity index (χ2v) is 3.27. The molecule has 0 radical (unpaired) electrons. The average Bonchev–Trinajstić information content (AvgIpc) is 2.15. The van der Waals surface area contributed by atoms with E-state index in [1.807, 2.05) is 0 Å². The van der Waals surface area contributed by atoms with Crippen molar-refractivity contribution in [3.05, 3.63) is 0 Å². The molecule has 0 aliphatic heterocycles. The van der Waals surface area contributed by atoms with Gasteiger partial charge in [-0.1, -0.05) is 0 Å². The summed E-state index contributed by atoms with van der Waals surface area (Å²) in [6, 6.07) is -0.779. The van der Waals surface area contributed by atoms with Crippen LogP contribution >= 0.6 is 0 Å². The van der Waals surface area contributed by atoms with Crippen molar-refractivity contribution in [3.8, 4) is 0 Å². The molecule has 0 saturated carbocycles. The number of hydrogen-bond acceptors (Lipinski definition) is 4. The molecule has 0 aliphatic carbocycles. The highest BCUT2D eigenvalue weighted by Crippen LogP contribution is 1.98. The van der Waals surface area contributed by atoms with Crippen molar-refractivity contribution >= 4 is 11.9 Å². The second-order valence-electron chi connectivity index (χ2n) is 3.27. The number of aliphatic carboxylic acids is 2. The zero-order chi connectivity index (χ0) is 11.7. The maximum Gasteiger partial charge on any atom is 0.320 e. The number of rotatable bonds is 9. The number of hydrogen-bond donors (Lipinski definition) is 4. The van der Waals surface area contributed by atoms with E-state index in [-0.39, 0.29) is 12.8 Å². The lowest BCUT2D eigenvalue weighted by Crippen LogP contribution is -2.37. The molecular weight excluding hydrogens is 200 g/mol. The molecule has 0 aromatic carbocycles. The predicted molar refractivity (Wildman–Crippen MR) is 54.6 cm³/mol. The Hall–Kier alpha value is -1.14. The summed E-state index contributed by atoms with van der Waals surface area (Å²) in [5.41, 5.74) is 5.28. The SMILES string of the molecule is NCCCCN[C@H](CCC(=O)O)C(=O)O. The first-order valence-corrected chi connectivity index (χ1v) is 4.96. The molecule has 0 spiro atoms. The number of carbonyl (C=O) groups is 2. The smallest absolute Gasteiger partial charge is 0.320 e. The molecule has 0 rings (SSSR count). The number of carboxylic acids is 2. The standard InChI is InChI=1S/C9H18N2O4/c10-5-1-2-6-11-7(9(14)15)3-4-8(12)13/h7,11H,1-6,10H2,(H,12,13)(H,14,15)/t7-/m1/s1. The van der Waals surface area contributed by atoms with E-state index in [0.29, 0.717) is 13.1 Å². The quantitative estimate of drug-likeness (QED) is 0.393. The van der Waals surface area contributed by atoms with Crippen LogP contribution in [0.15, 0.2) is 0 Å². The molecule has 0 bridgehead atoms. The Morgan fingerprint density at radius 3 is 2.40 bits per heavy atom. The van der Waals surface area contributed by atoms with E-state index in [1.165, 1.54) is 0 Å². The van der Waals surface area contributed by atoms with Crippen LogP contribution in [-0.4, -0.2) is 41.3 Å². The summed E-state index contributed by atoms with van der Waals surface area (Å²) in [4.78, 5) is 21.0. The fourth-order valence-electron chi connectivity index (χ4n) is 1.13. The first kappa shape index (κ1) is 13.9. The van der Waals surface area contributed by atoms with Crippen LogP contribution in [0.4, 0.5) is 0 Å². The van der Waals surface area contributed by atoms with Crippen molar-refractivity contribution in [2.75, 3.05) is 13.1 Å². The van der Waals surface area contributed by atoms with E-state index in [1.54, 1.807) is 0 Å². The van der Waals surface area contributed by atoms with Crippen LogP contribution in [0.5, 0.6) is 0 Å². The Morgan fingerprint density at radius 1 is 1.27 bits per heavy atom. The highest BCUT2D eigenvalue weighted by atomic mass is 16.4. The van der Waals surface area contributed by atoms with Gasteiger partial charge in [0, 0.05) is 6.42 Å². The molecule has 0 fully saturated rings. The summed E-state index contributed by atoms with van der Waals surface area (Å²) < 4.78 is 0. The molecular formula is C9H18N2O4. The van der Waals surface area contributed by atoms with Gasteiger partial charge in [-0.2, -0.15) is 0 Å². The van der Waals surface area contributed by atoms with E-state index in [2.05, 4.69) is 5.32 Å². The first-order chi connectivity index (χ1) is 7.07. The van der Waals surface area contributed by atoms with E-state index in [0.717, 1.165) is 12.8 Å². The fraction of sp³-hybridized carbons (Fsp3) is 0.778. The molecule has 5 N–H and O–H groups in total. The minimum Gasteiger partial charge on any atom is -0.481 e. The number of nitrogens with two attached hydrogens (primary N) is 1. The van der Waals surface area contributed by atoms with Gasteiger partial charge in [-0.25, -0.2) is 0 Å². The molecule has 6 heteroatoms. The molecule has 0 aliphatic rings. The highest BCUT2D eigenvalue weighted by Gasteiger charge is 2.17. The van der Waals surface area contributed by atoms with Crippen LogP contribution in [0.25, 0.3) is 0 Å². The maximum atomic E-state index is 10.7. The van der Waals surface area contributed by atoms with Gasteiger partial charge in [-0.3, -0.25) is 9.59 Å². The van der Waals surface area contributed by atoms with E-state index >= 15 is 0 Å². The van der Waals surface area contributed by atoms with Crippen LogP contribution in [0.1, 0.15) is 25.7 Å². The van der Waals surface area contributed by atoms with Crippen molar-refractivity contribution < 1.29 is 19.8 Å². The highest BCUT2D eigenvalue weighted by molar-refractivity contribution is 5.75. The van der Waals surface area contributed by atoms with E-state index in [9.17, 15) is 9.59 Å². The molecule has 1 atom stereocenters. The van der Waals surface area contributed by atoms with Gasteiger partial charge in [0.25, 0.3) is 0 Å². The molecule has 0 aromatic heterocycles. The maximum absolute atomic E-state index is 10.7. The summed E-state index contributed by atoms with van der Waals surface area (Å²) in [7, 11) is 0. The van der Waals surface area contributed by atoms with Gasteiger partial charge in [-0.15, -0.1) is 0 Å². The lowest BCUT2D eigenvalue weighted by molar-refractivity contribution is -0.140. The Labute approximate surface area is 88.5 Å². The molecule has 15 heavy (non-hydrogen) atoms. The van der Waals surface area contributed by atoms with Crippen molar-refractivity contribution in [1.29, 1.82) is 0 Å². The zero-order valence-corrected chi connectivity index (χ0v) is 8.61. The fourth-order valence-corrected chi connectivity index (χ4v) is 1.13. The first-order valence-electron chi connectivity index (χ1n) is 4.96. The number of unbranched alkanes of at least 4 members (excludes halogenated alkanes) is 1. The van der Waals surface area contributed by atoms with Gasteiger partial charge in [0.1, 0.15) is 6.04 Å². The summed E-state index contributed by atoms with van der Waals surface area (Å²) in [6.45, 7) is 1.13. The molecule has 0 heterocycles. The van der Waals surface area contributed by atoms with Crippen LogP contribution in [-0.2, 0) is 9.59 Å². The Morgan fingerprint density at radius 2 is 1.93 bits per heavy atom. The van der Waals surface area contributed by atoms with Crippen LogP contribution in [0.2, 0.25) is 0 Å². The van der Waals surface area contributed by atoms with E-state index in [4.69, 9.17) is 15.9 Å². The summed E-state index contributed by atoms with van der Waals surface area (Å²) in [6.07, 6.45) is 1.60. The molecule has 88 valence electrons. The summed E-state index contributed by atoms with van der Waals surface area (Å²) in [5.74, 6) is -1.99. The Balaban J connectivity index is 3.73. The molecule has 0 aromatic rings. The average molecular weight is 218 g/mol. The summed E-state index contributed by atoms with van der Waals surface area (Å²) >= 11 is 0. The van der Waals surface area contributed by atoms with Crippen molar-refractivity contribution in [3.63, 3.8) is 0 Å². The van der Waals surface area contributed by atoms with Gasteiger partial charge in [0.2, 0.25) is 0 Å². The Bertz CT molecular complexity index is 208. The van der Waals surface area contributed by atoms with Crippen LogP contribution < -0.4 is 11.1 Å². The monoisotopic (exact) mass is 218 g/mol. The minimum atomic E-state index is -1.01. The van der Waals surface area contributed by atoms with Gasteiger partial charge in [0.05, 0.1) is 0 Å². The Kier molecular flexibility index (Phi) is 7.57. The van der Waals surface area contributed by atoms with Crippen molar-refractivity contribution in [2.24, 2.45) is 5.73 Å². The third-order valence-electron chi connectivity index (χ3n) is 1.97. The molecule has 0 amide bonds. The lowest BCUT2D eigenvalue weighted by atomic mass is 10.1. The minimum absolute atomic E-state index is 0.104. The largest absolute Gasteiger partial charge is 0.481 e. The number of carboxylic acid groups (broad SMARTS) is 2. The van der Waals surface area contributed by atoms with Gasteiger partial charge < -0.3 is 21.3 Å². The zero-order valence-electron chi connectivity index (χ0n) is 8.61. The van der Waals surface area contributed by atoms with Gasteiger partial charge in [-0.05, 0) is 32.4 Å².